The Morgan fingerprint density at radius 1 is 1.25 bits per heavy atom. The molecular weight excluding hydrogens is 343 g/mol. The smallest absolute Gasteiger partial charge is 0.342 e. The van der Waals surface area contributed by atoms with Crippen LogP contribution in [-0.2, 0) is 7.05 Å². The molecule has 0 radical (unpaired) electrons. The van der Waals surface area contributed by atoms with Gasteiger partial charge in [-0.25, -0.2) is 15.0 Å². The number of nitrogens with zero attached hydrogens (tertiary/aromatic N) is 5. The molecule has 0 aliphatic rings. The van der Waals surface area contributed by atoms with Crippen LogP contribution in [0.5, 0.6) is 0 Å². The summed E-state index contributed by atoms with van der Waals surface area (Å²) in [6, 6.07) is 5.22. The zero-order valence-corrected chi connectivity index (χ0v) is 13.6. The van der Waals surface area contributed by atoms with Crippen LogP contribution in [0.25, 0.3) is 22.3 Å². The predicted octanol–water partition coefficient (Wildman–Crippen LogP) is 3.68. The summed E-state index contributed by atoms with van der Waals surface area (Å²) in [5.41, 5.74) is 2.11. The normalized spacial score (nSPS) is 11.9. The molecule has 9 heteroatoms. The van der Waals surface area contributed by atoms with Gasteiger partial charge in [-0.15, -0.1) is 0 Å². The Kier molecular flexibility index (Phi) is 4.08. The van der Waals surface area contributed by atoms with E-state index in [1.807, 2.05) is 17.7 Å². The number of rotatable bonds is 3. The van der Waals surface area contributed by atoms with Crippen LogP contribution in [0, 0.1) is 0 Å². The van der Waals surface area contributed by atoms with E-state index in [-0.39, 0.29) is 5.95 Å². The molecule has 0 aliphatic carbocycles. The van der Waals surface area contributed by atoms with E-state index in [2.05, 4.69) is 15.0 Å². The van der Waals surface area contributed by atoms with Crippen molar-refractivity contribution in [3.8, 4) is 11.4 Å². The fourth-order valence-corrected chi connectivity index (χ4v) is 2.62. The second kappa shape index (κ2) is 5.94. The zero-order valence-electron chi connectivity index (χ0n) is 12.8. The van der Waals surface area contributed by atoms with E-state index >= 15 is 0 Å². The molecule has 3 heterocycles. The molecule has 3 aromatic rings. The molecule has 0 aliphatic heterocycles. The Morgan fingerprint density at radius 2 is 2.00 bits per heavy atom. The lowest BCUT2D eigenvalue weighted by molar-refractivity contribution is -0.119. The summed E-state index contributed by atoms with van der Waals surface area (Å²) < 4.78 is 39.5. The van der Waals surface area contributed by atoms with Crippen molar-refractivity contribution in [1.82, 2.24) is 19.5 Å². The lowest BCUT2D eigenvalue weighted by atomic mass is 10.3. The fraction of sp³-hybridized carbons (Fsp3) is 0.267. The van der Waals surface area contributed by atoms with E-state index in [0.717, 1.165) is 21.5 Å². The molecule has 5 nitrogen and oxygen atoms in total. The summed E-state index contributed by atoms with van der Waals surface area (Å²) in [4.78, 5) is 13.2. The van der Waals surface area contributed by atoms with Gasteiger partial charge in [-0.1, -0.05) is 11.6 Å². The molecule has 0 amide bonds. The highest BCUT2D eigenvalue weighted by molar-refractivity contribution is 6.30. The summed E-state index contributed by atoms with van der Waals surface area (Å²) in [6.07, 6.45) is -1.25. The van der Waals surface area contributed by atoms with Crippen molar-refractivity contribution < 1.29 is 13.2 Å². The highest BCUT2D eigenvalue weighted by Gasteiger charge is 2.30. The van der Waals surface area contributed by atoms with Crippen molar-refractivity contribution >= 4 is 28.5 Å². The maximum atomic E-state index is 12.5. The van der Waals surface area contributed by atoms with Crippen LogP contribution < -0.4 is 4.90 Å². The van der Waals surface area contributed by atoms with Gasteiger partial charge in [-0.3, -0.25) is 0 Å². The van der Waals surface area contributed by atoms with Crippen LogP contribution in [0.2, 0.25) is 5.15 Å². The fourth-order valence-electron chi connectivity index (χ4n) is 2.47. The van der Waals surface area contributed by atoms with Gasteiger partial charge < -0.3 is 9.47 Å². The molecule has 3 aromatic heterocycles. The number of aromatic nitrogens is 4. The molecule has 0 saturated carbocycles. The Labute approximate surface area is 140 Å². The number of anilines is 1. The van der Waals surface area contributed by atoms with E-state index in [4.69, 9.17) is 11.6 Å². The second-order valence-corrected chi connectivity index (χ2v) is 5.75. The van der Waals surface area contributed by atoms with E-state index < -0.39 is 12.7 Å². The van der Waals surface area contributed by atoms with Crippen LogP contribution in [0.1, 0.15) is 0 Å². The lowest BCUT2D eigenvalue weighted by Crippen LogP contribution is -2.32. The summed E-state index contributed by atoms with van der Waals surface area (Å²) >= 11 is 5.91. The van der Waals surface area contributed by atoms with Crippen LogP contribution in [0.3, 0.4) is 0 Å². The van der Waals surface area contributed by atoms with Gasteiger partial charge in [0, 0.05) is 31.9 Å². The average molecular weight is 356 g/mol. The van der Waals surface area contributed by atoms with Gasteiger partial charge in [-0.2, -0.15) is 13.2 Å². The summed E-state index contributed by atoms with van der Waals surface area (Å²) in [7, 11) is 3.13. The monoisotopic (exact) mass is 355 g/mol. The largest absolute Gasteiger partial charge is 0.406 e. The third kappa shape index (κ3) is 3.28. The van der Waals surface area contributed by atoms with Crippen LogP contribution >= 0.6 is 11.6 Å². The first-order chi connectivity index (χ1) is 11.2. The summed E-state index contributed by atoms with van der Waals surface area (Å²) in [6.45, 7) is -1.12. The third-order valence-electron chi connectivity index (χ3n) is 3.56. The minimum Gasteiger partial charge on any atom is -0.342 e. The van der Waals surface area contributed by atoms with Gasteiger partial charge in [0.25, 0.3) is 0 Å². The van der Waals surface area contributed by atoms with E-state index in [9.17, 15) is 13.2 Å². The number of pyridine rings is 1. The molecule has 24 heavy (non-hydrogen) atoms. The topological polar surface area (TPSA) is 46.8 Å². The van der Waals surface area contributed by atoms with Gasteiger partial charge in [-0.05, 0) is 18.2 Å². The Bertz CT molecular complexity index is 890. The van der Waals surface area contributed by atoms with Crippen molar-refractivity contribution in [2.75, 3.05) is 18.5 Å². The molecule has 0 unspecified atom stereocenters. The maximum Gasteiger partial charge on any atom is 0.406 e. The molecule has 3 rings (SSSR count). The molecule has 126 valence electrons. The number of halogens is 4. The molecule has 0 N–H and O–H groups in total. The highest BCUT2D eigenvalue weighted by atomic mass is 35.5. The first-order valence-corrected chi connectivity index (χ1v) is 7.35. The Morgan fingerprint density at radius 3 is 2.71 bits per heavy atom. The second-order valence-electron chi connectivity index (χ2n) is 5.37. The average Bonchev–Trinajstić information content (AvgIpc) is 2.83. The van der Waals surface area contributed by atoms with Crippen molar-refractivity contribution in [2.24, 2.45) is 7.05 Å². The third-order valence-corrected chi connectivity index (χ3v) is 3.76. The first-order valence-electron chi connectivity index (χ1n) is 6.97. The first kappa shape index (κ1) is 16.5. The van der Waals surface area contributed by atoms with Crippen molar-refractivity contribution in [3.63, 3.8) is 0 Å². The molecule has 0 spiro atoms. The van der Waals surface area contributed by atoms with Crippen LogP contribution in [0.4, 0.5) is 19.1 Å². The van der Waals surface area contributed by atoms with E-state index in [0.29, 0.717) is 10.8 Å². The Hall–Kier alpha value is -2.35. The standard InChI is InChI=1S/C15H13ClF3N5/c1-23(8-15(17,18)19)14-20-4-3-10(22-14)12-5-9-7-21-13(16)6-11(9)24(12)2/h3-7H,8H2,1-2H3. The molecular formula is C15H13ClF3N5. The maximum absolute atomic E-state index is 12.5. The van der Waals surface area contributed by atoms with Crippen LogP contribution in [0.15, 0.2) is 30.6 Å². The SMILES string of the molecule is CN(CC(F)(F)F)c1nccc(-c2cc3cnc(Cl)cc3n2C)n1. The molecule has 0 aromatic carbocycles. The van der Waals surface area contributed by atoms with Gasteiger partial charge in [0.1, 0.15) is 11.7 Å². The van der Waals surface area contributed by atoms with Gasteiger partial charge in [0.2, 0.25) is 5.95 Å². The minimum atomic E-state index is -4.32. The van der Waals surface area contributed by atoms with Gasteiger partial charge >= 0.3 is 6.18 Å². The lowest BCUT2D eigenvalue weighted by Gasteiger charge is -2.19. The quantitative estimate of drug-likeness (QED) is 0.672. The van der Waals surface area contributed by atoms with Crippen molar-refractivity contribution in [2.45, 2.75) is 6.18 Å². The van der Waals surface area contributed by atoms with Crippen molar-refractivity contribution in [3.05, 3.63) is 35.7 Å². The summed E-state index contributed by atoms with van der Waals surface area (Å²) in [5.74, 6) is 0.00578. The molecule has 0 fully saturated rings. The van der Waals surface area contributed by atoms with Crippen molar-refractivity contribution in [1.29, 1.82) is 0 Å². The van der Waals surface area contributed by atoms with E-state index in [1.54, 1.807) is 18.3 Å². The van der Waals surface area contributed by atoms with Gasteiger partial charge in [0.05, 0.1) is 16.9 Å². The minimum absolute atomic E-state index is 0.00578. The van der Waals surface area contributed by atoms with E-state index in [1.165, 1.54) is 13.2 Å². The van der Waals surface area contributed by atoms with Crippen LogP contribution in [-0.4, -0.2) is 39.3 Å². The molecule has 0 bridgehead atoms. The van der Waals surface area contributed by atoms with Gasteiger partial charge in [0.15, 0.2) is 0 Å². The zero-order chi connectivity index (χ0) is 17.5. The number of alkyl halides is 3. The predicted molar refractivity (Wildman–Crippen MR) is 86.1 cm³/mol. The molecule has 0 atom stereocenters. The number of hydrogen-bond donors (Lipinski definition) is 0. The number of fused-ring (bicyclic) bond motifs is 1. The highest BCUT2D eigenvalue weighted by Crippen LogP contribution is 2.28. The summed E-state index contributed by atoms with van der Waals surface area (Å²) in [5, 5.41) is 1.23. The number of aryl methyl sites for hydroxylation is 1. The Balaban J connectivity index is 2.02. The molecule has 0 saturated heterocycles. The number of hydrogen-bond acceptors (Lipinski definition) is 4.